The zero-order valence-electron chi connectivity index (χ0n) is 10.7. The molecule has 0 aliphatic heterocycles. The largest absolute Gasteiger partial charge is 0.271 e. The second kappa shape index (κ2) is 6.53. The van der Waals surface area contributed by atoms with Crippen LogP contribution in [0.5, 0.6) is 0 Å². The average Bonchev–Trinajstić information content (AvgIpc) is 2.36. The molecule has 0 saturated carbocycles. The molecule has 0 aliphatic rings. The van der Waals surface area contributed by atoms with Crippen LogP contribution in [-0.4, -0.2) is 0 Å². The number of hydrazine groups is 1. The lowest BCUT2D eigenvalue weighted by atomic mass is 9.98. The van der Waals surface area contributed by atoms with Gasteiger partial charge >= 0.3 is 0 Å². The maximum atomic E-state index is 6.11. The summed E-state index contributed by atoms with van der Waals surface area (Å²) < 4.78 is 1.09. The first kappa shape index (κ1) is 14.5. The molecule has 0 bridgehead atoms. The van der Waals surface area contributed by atoms with Gasteiger partial charge in [-0.2, -0.15) is 0 Å². The van der Waals surface area contributed by atoms with Crippen molar-refractivity contribution in [2.45, 2.75) is 19.4 Å². The van der Waals surface area contributed by atoms with Gasteiger partial charge in [-0.3, -0.25) is 11.3 Å². The molecule has 0 radical (unpaired) electrons. The molecule has 0 saturated heterocycles. The zero-order valence-corrected chi connectivity index (χ0v) is 13.0. The summed E-state index contributed by atoms with van der Waals surface area (Å²) in [7, 11) is 0. The minimum atomic E-state index is 0.0381. The molecule has 0 amide bonds. The fourth-order valence-corrected chi connectivity index (χ4v) is 2.87. The Morgan fingerprint density at radius 2 is 2.00 bits per heavy atom. The van der Waals surface area contributed by atoms with Crippen LogP contribution in [0.1, 0.15) is 22.7 Å². The monoisotopic (exact) mass is 338 g/mol. The highest BCUT2D eigenvalue weighted by molar-refractivity contribution is 9.10. The molecule has 2 aromatic rings. The lowest BCUT2D eigenvalue weighted by Crippen LogP contribution is -2.29. The van der Waals surface area contributed by atoms with Gasteiger partial charge in [-0.15, -0.1) is 0 Å². The van der Waals surface area contributed by atoms with Crippen molar-refractivity contribution in [1.82, 2.24) is 5.43 Å². The third kappa shape index (κ3) is 3.80. The van der Waals surface area contributed by atoms with E-state index in [1.165, 1.54) is 5.56 Å². The number of nitrogens with two attached hydrogens (primary N) is 1. The first-order valence-corrected chi connectivity index (χ1v) is 7.24. The highest BCUT2D eigenvalue weighted by atomic mass is 79.9. The number of rotatable bonds is 4. The van der Waals surface area contributed by atoms with Crippen LogP contribution < -0.4 is 11.3 Å². The maximum Gasteiger partial charge on any atom is 0.0501 e. The quantitative estimate of drug-likeness (QED) is 0.648. The Bertz CT molecular complexity index is 552. The highest BCUT2D eigenvalue weighted by Crippen LogP contribution is 2.25. The van der Waals surface area contributed by atoms with E-state index in [0.717, 1.165) is 27.0 Å². The fourth-order valence-electron chi connectivity index (χ4n) is 2.12. The van der Waals surface area contributed by atoms with Crippen LogP contribution >= 0.6 is 27.5 Å². The second-order valence-corrected chi connectivity index (χ2v) is 5.87. The summed E-state index contributed by atoms with van der Waals surface area (Å²) in [5, 5.41) is 0.738. The topological polar surface area (TPSA) is 38.0 Å². The normalized spacial score (nSPS) is 12.4. The summed E-state index contributed by atoms with van der Waals surface area (Å²) in [6.07, 6.45) is 0.803. The molecule has 0 heterocycles. The predicted octanol–water partition coefficient (Wildman–Crippen LogP) is 4.16. The van der Waals surface area contributed by atoms with Crippen molar-refractivity contribution >= 4 is 27.5 Å². The summed E-state index contributed by atoms with van der Waals surface area (Å²) in [4.78, 5) is 0. The Hall–Kier alpha value is -0.870. The van der Waals surface area contributed by atoms with E-state index in [0.29, 0.717) is 0 Å². The Morgan fingerprint density at radius 1 is 1.26 bits per heavy atom. The molecule has 0 spiro atoms. The van der Waals surface area contributed by atoms with Crippen LogP contribution in [0.25, 0.3) is 0 Å². The van der Waals surface area contributed by atoms with Crippen LogP contribution in [-0.2, 0) is 6.42 Å². The van der Waals surface area contributed by atoms with Crippen molar-refractivity contribution in [3.05, 3.63) is 68.7 Å². The Kier molecular flexibility index (Phi) is 4.99. The van der Waals surface area contributed by atoms with E-state index < -0.39 is 0 Å². The van der Waals surface area contributed by atoms with Crippen LogP contribution in [0.4, 0.5) is 0 Å². The van der Waals surface area contributed by atoms with Crippen molar-refractivity contribution in [3.8, 4) is 0 Å². The first-order chi connectivity index (χ1) is 9.10. The molecule has 0 aliphatic carbocycles. The van der Waals surface area contributed by atoms with Gasteiger partial charge in [0.05, 0.1) is 6.04 Å². The summed E-state index contributed by atoms with van der Waals surface area (Å²) in [5.41, 5.74) is 6.31. The first-order valence-electron chi connectivity index (χ1n) is 6.07. The van der Waals surface area contributed by atoms with E-state index in [1.807, 2.05) is 37.3 Å². The number of nitrogens with one attached hydrogen (secondary N) is 1. The van der Waals surface area contributed by atoms with Gasteiger partial charge in [-0.25, -0.2) is 0 Å². The molecule has 2 aromatic carbocycles. The van der Waals surface area contributed by atoms with E-state index in [1.54, 1.807) is 0 Å². The van der Waals surface area contributed by atoms with Crippen molar-refractivity contribution in [1.29, 1.82) is 0 Å². The van der Waals surface area contributed by atoms with Gasteiger partial charge in [0, 0.05) is 9.50 Å². The summed E-state index contributed by atoms with van der Waals surface area (Å²) in [6.45, 7) is 2.03. The number of hydrogen-bond donors (Lipinski definition) is 2. The van der Waals surface area contributed by atoms with Crippen LogP contribution in [0.2, 0.25) is 5.02 Å². The molecule has 1 unspecified atom stereocenters. The van der Waals surface area contributed by atoms with Gasteiger partial charge in [0.15, 0.2) is 0 Å². The van der Waals surface area contributed by atoms with E-state index >= 15 is 0 Å². The van der Waals surface area contributed by atoms with E-state index in [9.17, 15) is 0 Å². The molecule has 3 N–H and O–H groups in total. The van der Waals surface area contributed by atoms with Crippen molar-refractivity contribution in [2.75, 3.05) is 0 Å². The summed E-state index contributed by atoms with van der Waals surface area (Å²) in [5.74, 6) is 5.69. The van der Waals surface area contributed by atoms with Gasteiger partial charge in [-0.1, -0.05) is 51.8 Å². The third-order valence-electron chi connectivity index (χ3n) is 3.05. The molecule has 1 atom stereocenters. The molecule has 4 heteroatoms. The Morgan fingerprint density at radius 3 is 2.63 bits per heavy atom. The van der Waals surface area contributed by atoms with E-state index in [2.05, 4.69) is 33.5 Å². The van der Waals surface area contributed by atoms with Gasteiger partial charge < -0.3 is 0 Å². The van der Waals surface area contributed by atoms with E-state index in [4.69, 9.17) is 17.4 Å². The Balaban J connectivity index is 2.28. The number of benzene rings is 2. The molecule has 2 nitrogen and oxygen atoms in total. The van der Waals surface area contributed by atoms with Crippen LogP contribution in [0.15, 0.2) is 46.9 Å². The Labute approximate surface area is 127 Å². The molecule has 100 valence electrons. The second-order valence-electron chi connectivity index (χ2n) is 4.58. The lowest BCUT2D eigenvalue weighted by molar-refractivity contribution is 0.551. The highest BCUT2D eigenvalue weighted by Gasteiger charge is 2.13. The fraction of sp³-hybridized carbons (Fsp3) is 0.200. The lowest BCUT2D eigenvalue weighted by Gasteiger charge is -2.18. The standard InChI is InChI=1S/C15H16BrClN2/c1-10-6-12(8-13(17)7-10)15(19-18)9-11-4-2-3-5-14(11)16/h2-8,15,19H,9,18H2,1H3. The van der Waals surface area contributed by atoms with Crippen molar-refractivity contribution in [3.63, 3.8) is 0 Å². The van der Waals surface area contributed by atoms with Gasteiger partial charge in [0.2, 0.25) is 0 Å². The van der Waals surface area contributed by atoms with Gasteiger partial charge in [0.1, 0.15) is 0 Å². The third-order valence-corrected chi connectivity index (χ3v) is 4.04. The average molecular weight is 340 g/mol. The summed E-state index contributed by atoms with van der Waals surface area (Å²) >= 11 is 9.67. The predicted molar refractivity (Wildman–Crippen MR) is 84.1 cm³/mol. The van der Waals surface area contributed by atoms with E-state index in [-0.39, 0.29) is 6.04 Å². The minimum Gasteiger partial charge on any atom is -0.271 e. The number of hydrogen-bond acceptors (Lipinski definition) is 2. The van der Waals surface area contributed by atoms with Crippen LogP contribution in [0, 0.1) is 6.92 Å². The molecule has 2 rings (SSSR count). The molecule has 0 aromatic heterocycles. The van der Waals surface area contributed by atoms with Crippen molar-refractivity contribution < 1.29 is 0 Å². The molecule has 19 heavy (non-hydrogen) atoms. The van der Waals surface area contributed by atoms with Crippen molar-refractivity contribution in [2.24, 2.45) is 5.84 Å². The number of aryl methyl sites for hydroxylation is 1. The van der Waals surface area contributed by atoms with Gasteiger partial charge in [0.25, 0.3) is 0 Å². The van der Waals surface area contributed by atoms with Gasteiger partial charge in [-0.05, 0) is 48.2 Å². The molecule has 0 fully saturated rings. The molecular formula is C15H16BrClN2. The zero-order chi connectivity index (χ0) is 13.8. The SMILES string of the molecule is Cc1cc(Cl)cc(C(Cc2ccccc2Br)NN)c1. The molecular weight excluding hydrogens is 324 g/mol. The minimum absolute atomic E-state index is 0.0381. The summed E-state index contributed by atoms with van der Waals surface area (Å²) in [6, 6.07) is 14.2. The number of halogens is 2. The smallest absolute Gasteiger partial charge is 0.0501 e. The maximum absolute atomic E-state index is 6.11. The van der Waals surface area contributed by atoms with Crippen LogP contribution in [0.3, 0.4) is 0 Å².